The number of ether oxygens (including phenoxy) is 1. The number of carbonyl (C=O) groups is 1. The van der Waals surface area contributed by atoms with Crippen molar-refractivity contribution in [2.75, 3.05) is 46.4 Å². The molecule has 0 aromatic carbocycles. The summed E-state index contributed by atoms with van der Waals surface area (Å²) in [6.45, 7) is 9.67. The van der Waals surface area contributed by atoms with Crippen molar-refractivity contribution in [2.24, 2.45) is 10.9 Å². The molecule has 1 aliphatic carbocycles. The molecule has 0 aromatic rings. The van der Waals surface area contributed by atoms with Crippen molar-refractivity contribution >= 4 is 11.9 Å². The lowest BCUT2D eigenvalue weighted by Gasteiger charge is -2.34. The Morgan fingerprint density at radius 1 is 1.22 bits per heavy atom. The first-order valence-corrected chi connectivity index (χ1v) is 10.6. The van der Waals surface area contributed by atoms with Crippen LogP contribution in [-0.4, -0.2) is 75.3 Å². The highest BCUT2D eigenvalue weighted by atomic mass is 16.5. The normalized spacial score (nSPS) is 22.7. The summed E-state index contributed by atoms with van der Waals surface area (Å²) in [5.41, 5.74) is 0. The predicted molar refractivity (Wildman–Crippen MR) is 110 cm³/mol. The molecule has 0 spiro atoms. The van der Waals surface area contributed by atoms with Gasteiger partial charge in [0.15, 0.2) is 5.96 Å². The second-order valence-corrected chi connectivity index (χ2v) is 8.18. The lowest BCUT2D eigenvalue weighted by Crippen LogP contribution is -2.50. The monoisotopic (exact) mass is 381 g/mol. The van der Waals surface area contributed by atoms with Crippen molar-refractivity contribution in [1.29, 1.82) is 0 Å². The Labute approximate surface area is 164 Å². The highest BCUT2D eigenvalue weighted by Crippen LogP contribution is 2.17. The van der Waals surface area contributed by atoms with E-state index in [1.54, 1.807) is 7.05 Å². The Balaban J connectivity index is 1.60. The van der Waals surface area contributed by atoms with Crippen LogP contribution < -0.4 is 16.0 Å². The van der Waals surface area contributed by atoms with E-state index in [-0.39, 0.29) is 12.0 Å². The van der Waals surface area contributed by atoms with Crippen LogP contribution in [0, 0.1) is 5.92 Å². The molecule has 7 heteroatoms. The summed E-state index contributed by atoms with van der Waals surface area (Å²) < 4.78 is 5.86. The van der Waals surface area contributed by atoms with E-state index in [1.165, 1.54) is 19.3 Å². The number of nitrogens with zero attached hydrogens (tertiary/aromatic N) is 2. The van der Waals surface area contributed by atoms with Gasteiger partial charge in [0.05, 0.1) is 12.7 Å². The molecule has 1 amide bonds. The molecular formula is C20H39N5O2. The molecule has 0 aromatic heterocycles. The number of hydrogen-bond donors (Lipinski definition) is 3. The van der Waals surface area contributed by atoms with Crippen molar-refractivity contribution in [3.05, 3.63) is 0 Å². The van der Waals surface area contributed by atoms with Crippen LogP contribution in [0.3, 0.4) is 0 Å². The van der Waals surface area contributed by atoms with E-state index in [2.05, 4.69) is 39.7 Å². The maximum atomic E-state index is 12.1. The molecule has 7 nitrogen and oxygen atoms in total. The number of hydrogen-bond acceptors (Lipinski definition) is 4. The zero-order valence-electron chi connectivity index (χ0n) is 17.4. The molecule has 2 fully saturated rings. The average Bonchev–Trinajstić information content (AvgIpc) is 2.65. The summed E-state index contributed by atoms with van der Waals surface area (Å²) in [5, 5.41) is 9.70. The SMILES string of the molecule is CN=C(NCCC(=O)NC1CCCCC1)NCC1CN(CC(C)C)CCO1. The van der Waals surface area contributed by atoms with E-state index >= 15 is 0 Å². The van der Waals surface area contributed by atoms with Crippen LogP contribution >= 0.6 is 0 Å². The van der Waals surface area contributed by atoms with E-state index in [4.69, 9.17) is 4.74 Å². The van der Waals surface area contributed by atoms with Gasteiger partial charge in [0.2, 0.25) is 5.91 Å². The third kappa shape index (κ3) is 8.93. The molecule has 2 aliphatic rings. The number of morpholine rings is 1. The fourth-order valence-electron chi connectivity index (χ4n) is 3.86. The quantitative estimate of drug-likeness (QED) is 0.437. The molecule has 0 radical (unpaired) electrons. The standard InChI is InChI=1S/C20H39N5O2/c1-16(2)14-25-11-12-27-18(15-25)13-23-20(21-3)22-10-9-19(26)24-17-7-5-4-6-8-17/h16-18H,4-15H2,1-3H3,(H,24,26)(H2,21,22,23). The van der Waals surface area contributed by atoms with Gasteiger partial charge in [-0.15, -0.1) is 0 Å². The minimum absolute atomic E-state index is 0.129. The minimum atomic E-state index is 0.129. The molecular weight excluding hydrogens is 342 g/mol. The maximum absolute atomic E-state index is 12.1. The van der Waals surface area contributed by atoms with Crippen molar-refractivity contribution < 1.29 is 9.53 Å². The molecule has 1 saturated carbocycles. The summed E-state index contributed by atoms with van der Waals surface area (Å²) >= 11 is 0. The highest BCUT2D eigenvalue weighted by molar-refractivity contribution is 5.81. The zero-order chi connectivity index (χ0) is 19.5. The molecule has 1 atom stereocenters. The van der Waals surface area contributed by atoms with Crippen molar-refractivity contribution in [3.8, 4) is 0 Å². The van der Waals surface area contributed by atoms with Crippen molar-refractivity contribution in [1.82, 2.24) is 20.9 Å². The molecule has 1 aliphatic heterocycles. The summed E-state index contributed by atoms with van der Waals surface area (Å²) in [5.74, 6) is 1.53. The van der Waals surface area contributed by atoms with Gasteiger partial charge in [-0.3, -0.25) is 14.7 Å². The van der Waals surface area contributed by atoms with Gasteiger partial charge in [-0.2, -0.15) is 0 Å². The first kappa shape index (κ1) is 22.0. The maximum Gasteiger partial charge on any atom is 0.221 e. The summed E-state index contributed by atoms with van der Waals surface area (Å²) in [6.07, 6.45) is 6.66. The lowest BCUT2D eigenvalue weighted by atomic mass is 9.95. The van der Waals surface area contributed by atoms with Crippen LogP contribution in [0.4, 0.5) is 0 Å². The Hall–Kier alpha value is -1.34. The van der Waals surface area contributed by atoms with E-state index in [9.17, 15) is 4.79 Å². The summed E-state index contributed by atoms with van der Waals surface area (Å²) in [4.78, 5) is 18.8. The lowest BCUT2D eigenvalue weighted by molar-refractivity contribution is -0.121. The predicted octanol–water partition coefficient (Wildman–Crippen LogP) is 1.35. The Morgan fingerprint density at radius 3 is 2.70 bits per heavy atom. The van der Waals surface area contributed by atoms with Crippen LogP contribution in [0.15, 0.2) is 4.99 Å². The molecule has 1 saturated heterocycles. The second kappa shape index (κ2) is 12.2. The number of aliphatic imine (C=N–C) groups is 1. The van der Waals surface area contributed by atoms with Crippen LogP contribution in [0.1, 0.15) is 52.4 Å². The van der Waals surface area contributed by atoms with Gasteiger partial charge in [0, 0.05) is 52.2 Å². The molecule has 156 valence electrons. The number of carbonyl (C=O) groups excluding carboxylic acids is 1. The van der Waals surface area contributed by atoms with E-state index in [0.29, 0.717) is 24.9 Å². The smallest absolute Gasteiger partial charge is 0.221 e. The highest BCUT2D eigenvalue weighted by Gasteiger charge is 2.21. The second-order valence-electron chi connectivity index (χ2n) is 8.18. The molecule has 1 unspecified atom stereocenters. The first-order valence-electron chi connectivity index (χ1n) is 10.6. The Kier molecular flexibility index (Phi) is 9.91. The summed E-state index contributed by atoms with van der Waals surface area (Å²) in [7, 11) is 1.75. The molecule has 27 heavy (non-hydrogen) atoms. The van der Waals surface area contributed by atoms with Crippen LogP contribution in [0.2, 0.25) is 0 Å². The topological polar surface area (TPSA) is 78.0 Å². The number of rotatable bonds is 8. The molecule has 3 N–H and O–H groups in total. The fraction of sp³-hybridized carbons (Fsp3) is 0.900. The Morgan fingerprint density at radius 2 is 2.00 bits per heavy atom. The largest absolute Gasteiger partial charge is 0.374 e. The third-order valence-electron chi connectivity index (χ3n) is 5.18. The Bertz CT molecular complexity index is 463. The van der Waals surface area contributed by atoms with Crippen molar-refractivity contribution in [3.63, 3.8) is 0 Å². The van der Waals surface area contributed by atoms with Crippen molar-refractivity contribution in [2.45, 2.75) is 64.5 Å². The minimum Gasteiger partial charge on any atom is -0.374 e. The van der Waals surface area contributed by atoms with Crippen LogP contribution in [0.5, 0.6) is 0 Å². The van der Waals surface area contributed by atoms with Gasteiger partial charge >= 0.3 is 0 Å². The molecule has 2 rings (SSSR count). The fourth-order valence-corrected chi connectivity index (χ4v) is 3.86. The molecule has 1 heterocycles. The van der Waals surface area contributed by atoms with Gasteiger partial charge in [0.1, 0.15) is 0 Å². The van der Waals surface area contributed by atoms with Crippen LogP contribution in [-0.2, 0) is 9.53 Å². The molecule has 0 bridgehead atoms. The average molecular weight is 382 g/mol. The number of guanidine groups is 1. The van der Waals surface area contributed by atoms with Gasteiger partial charge in [-0.05, 0) is 18.8 Å². The zero-order valence-corrected chi connectivity index (χ0v) is 17.4. The van der Waals surface area contributed by atoms with E-state index < -0.39 is 0 Å². The van der Waals surface area contributed by atoms with Gasteiger partial charge in [0.25, 0.3) is 0 Å². The van der Waals surface area contributed by atoms with E-state index in [0.717, 1.165) is 51.6 Å². The number of nitrogens with one attached hydrogen (secondary N) is 3. The van der Waals surface area contributed by atoms with Gasteiger partial charge < -0.3 is 20.7 Å². The number of amides is 1. The van der Waals surface area contributed by atoms with Gasteiger partial charge in [-0.1, -0.05) is 33.1 Å². The van der Waals surface area contributed by atoms with Crippen LogP contribution in [0.25, 0.3) is 0 Å². The van der Waals surface area contributed by atoms with E-state index in [1.807, 2.05) is 0 Å². The summed E-state index contributed by atoms with van der Waals surface area (Å²) in [6, 6.07) is 0.376. The van der Waals surface area contributed by atoms with Gasteiger partial charge in [-0.25, -0.2) is 0 Å². The first-order chi connectivity index (χ1) is 13.1. The third-order valence-corrected chi connectivity index (χ3v) is 5.18.